The van der Waals surface area contributed by atoms with Crippen molar-refractivity contribution in [3.05, 3.63) is 87.6 Å². The molecule has 1 aromatic heterocycles. The molecule has 6 nitrogen and oxygen atoms in total. The normalized spacial score (nSPS) is 16.9. The van der Waals surface area contributed by atoms with E-state index in [9.17, 15) is 14.7 Å². The highest BCUT2D eigenvalue weighted by Crippen LogP contribution is 2.39. The molecular weight excluding hydrogens is 394 g/mol. The van der Waals surface area contributed by atoms with Gasteiger partial charge in [-0.2, -0.15) is 0 Å². The largest absolute Gasteiger partial charge is 0.478 e. The number of nitrogens with one attached hydrogen (secondary N) is 1. The van der Waals surface area contributed by atoms with E-state index in [0.29, 0.717) is 27.7 Å². The molecule has 2 aromatic rings. The van der Waals surface area contributed by atoms with E-state index in [2.05, 4.69) is 5.32 Å². The zero-order valence-corrected chi connectivity index (χ0v) is 16.7. The molecule has 2 heterocycles. The maximum Gasteiger partial charge on any atom is 0.337 e. The molecular formula is C22H20ClNO5. The number of carboxylic acid groups (broad SMARTS) is 1. The topological polar surface area (TPSA) is 88.8 Å². The van der Waals surface area contributed by atoms with Crippen molar-refractivity contribution >= 4 is 29.6 Å². The maximum atomic E-state index is 12.9. The average molecular weight is 414 g/mol. The first-order chi connectivity index (χ1) is 13.9. The SMILES string of the molecule is CC1=C(C(=O)O)C(c2cccc(Cl)c2)C(C(=O)OC/C=C/c2ccco2)=C(C)N1. The van der Waals surface area contributed by atoms with Crippen LogP contribution in [0.5, 0.6) is 0 Å². The molecule has 0 radical (unpaired) electrons. The standard InChI is InChI=1S/C22H20ClNO5/c1-13-18(21(25)26)20(15-6-3-7-16(23)12-15)19(14(2)24-13)22(27)29-11-5-9-17-8-4-10-28-17/h3-10,12,20,24H,11H2,1-2H3,(H,25,26)/b9-5+. The van der Waals surface area contributed by atoms with Crippen LogP contribution in [0.25, 0.3) is 6.08 Å². The Balaban J connectivity index is 1.90. The molecule has 0 aliphatic carbocycles. The number of benzene rings is 1. The summed E-state index contributed by atoms with van der Waals surface area (Å²) < 4.78 is 10.6. The van der Waals surface area contributed by atoms with Crippen molar-refractivity contribution in [1.82, 2.24) is 5.32 Å². The van der Waals surface area contributed by atoms with E-state index in [0.717, 1.165) is 0 Å². The molecule has 0 bridgehead atoms. The molecule has 1 aliphatic rings. The van der Waals surface area contributed by atoms with Crippen LogP contribution in [-0.4, -0.2) is 23.7 Å². The van der Waals surface area contributed by atoms with E-state index < -0.39 is 17.9 Å². The van der Waals surface area contributed by atoms with Gasteiger partial charge in [-0.3, -0.25) is 0 Å². The van der Waals surface area contributed by atoms with Crippen LogP contribution < -0.4 is 5.32 Å². The summed E-state index contributed by atoms with van der Waals surface area (Å²) in [5.41, 5.74) is 1.93. The smallest absolute Gasteiger partial charge is 0.337 e. The van der Waals surface area contributed by atoms with Gasteiger partial charge in [-0.25, -0.2) is 9.59 Å². The Morgan fingerprint density at radius 1 is 1.21 bits per heavy atom. The van der Waals surface area contributed by atoms with Gasteiger partial charge in [-0.1, -0.05) is 23.7 Å². The number of carbonyl (C=O) groups excluding carboxylic acids is 1. The van der Waals surface area contributed by atoms with Crippen LogP contribution in [-0.2, 0) is 14.3 Å². The van der Waals surface area contributed by atoms with Crippen molar-refractivity contribution in [2.75, 3.05) is 6.61 Å². The highest BCUT2D eigenvalue weighted by Gasteiger charge is 2.37. The summed E-state index contributed by atoms with van der Waals surface area (Å²) in [4.78, 5) is 24.9. The summed E-state index contributed by atoms with van der Waals surface area (Å²) >= 11 is 6.11. The average Bonchev–Trinajstić information content (AvgIpc) is 3.17. The van der Waals surface area contributed by atoms with Crippen LogP contribution in [0.1, 0.15) is 31.1 Å². The summed E-state index contributed by atoms with van der Waals surface area (Å²) in [7, 11) is 0. The molecule has 0 saturated heterocycles. The fourth-order valence-electron chi connectivity index (χ4n) is 3.32. The minimum Gasteiger partial charge on any atom is -0.478 e. The number of dihydropyridines is 1. The Morgan fingerprint density at radius 2 is 1.97 bits per heavy atom. The van der Waals surface area contributed by atoms with Crippen molar-refractivity contribution in [3.8, 4) is 0 Å². The second-order valence-electron chi connectivity index (χ2n) is 6.51. The second kappa shape index (κ2) is 8.84. The lowest BCUT2D eigenvalue weighted by Gasteiger charge is -2.29. The van der Waals surface area contributed by atoms with Crippen LogP contribution in [0.4, 0.5) is 0 Å². The molecule has 29 heavy (non-hydrogen) atoms. The molecule has 1 aromatic carbocycles. The van der Waals surface area contributed by atoms with Gasteiger partial charge in [0.1, 0.15) is 12.4 Å². The number of hydrogen-bond donors (Lipinski definition) is 2. The number of halogens is 1. The third kappa shape index (κ3) is 4.60. The maximum absolute atomic E-state index is 12.9. The van der Waals surface area contributed by atoms with Gasteiger partial charge in [0.2, 0.25) is 0 Å². The van der Waals surface area contributed by atoms with Crippen LogP contribution >= 0.6 is 11.6 Å². The molecule has 1 aliphatic heterocycles. The third-order valence-corrected chi connectivity index (χ3v) is 4.76. The predicted octanol–water partition coefficient (Wildman–Crippen LogP) is 4.51. The van der Waals surface area contributed by atoms with Crippen molar-refractivity contribution in [1.29, 1.82) is 0 Å². The molecule has 1 atom stereocenters. The molecule has 2 N–H and O–H groups in total. The number of aliphatic carboxylic acids is 1. The second-order valence-corrected chi connectivity index (χ2v) is 6.95. The molecule has 1 unspecified atom stereocenters. The Bertz CT molecular complexity index is 1020. The van der Waals surface area contributed by atoms with E-state index in [-0.39, 0.29) is 17.8 Å². The van der Waals surface area contributed by atoms with Gasteiger partial charge in [0, 0.05) is 16.4 Å². The molecule has 0 saturated carbocycles. The van der Waals surface area contributed by atoms with Crippen molar-refractivity contribution in [2.24, 2.45) is 0 Å². The highest BCUT2D eigenvalue weighted by atomic mass is 35.5. The molecule has 0 spiro atoms. The number of hydrogen-bond acceptors (Lipinski definition) is 5. The Labute approximate surface area is 173 Å². The minimum atomic E-state index is -1.12. The summed E-state index contributed by atoms with van der Waals surface area (Å²) in [6, 6.07) is 10.3. The van der Waals surface area contributed by atoms with Gasteiger partial charge in [-0.15, -0.1) is 0 Å². The van der Waals surface area contributed by atoms with Gasteiger partial charge in [0.25, 0.3) is 0 Å². The number of ether oxygens (including phenoxy) is 1. The Kier molecular flexibility index (Phi) is 6.24. The first-order valence-corrected chi connectivity index (χ1v) is 9.30. The van der Waals surface area contributed by atoms with Crippen LogP contribution in [0.2, 0.25) is 5.02 Å². The molecule has 150 valence electrons. The fourth-order valence-corrected chi connectivity index (χ4v) is 3.52. The van der Waals surface area contributed by atoms with Gasteiger partial charge < -0.3 is 19.6 Å². The number of furan rings is 1. The van der Waals surface area contributed by atoms with Crippen LogP contribution in [0.15, 0.2) is 75.7 Å². The van der Waals surface area contributed by atoms with E-state index in [1.165, 1.54) is 0 Å². The summed E-state index contributed by atoms with van der Waals surface area (Å²) in [6.45, 7) is 3.40. The molecule has 7 heteroatoms. The number of rotatable bonds is 6. The zero-order chi connectivity index (χ0) is 21.0. The van der Waals surface area contributed by atoms with Gasteiger partial charge in [0.05, 0.1) is 23.3 Å². The van der Waals surface area contributed by atoms with Crippen LogP contribution in [0, 0.1) is 0 Å². The molecule has 3 rings (SSSR count). The van der Waals surface area contributed by atoms with Gasteiger partial charge in [-0.05, 0) is 55.8 Å². The van der Waals surface area contributed by atoms with Crippen molar-refractivity contribution in [2.45, 2.75) is 19.8 Å². The van der Waals surface area contributed by atoms with Crippen molar-refractivity contribution in [3.63, 3.8) is 0 Å². The Hall–Kier alpha value is -3.25. The predicted molar refractivity (Wildman–Crippen MR) is 109 cm³/mol. The monoisotopic (exact) mass is 413 g/mol. The lowest BCUT2D eigenvalue weighted by Crippen LogP contribution is -2.31. The first kappa shape index (κ1) is 20.5. The van der Waals surface area contributed by atoms with E-state index in [1.54, 1.807) is 68.7 Å². The van der Waals surface area contributed by atoms with Gasteiger partial charge >= 0.3 is 11.9 Å². The molecule has 0 amide bonds. The quantitative estimate of drug-likeness (QED) is 0.677. The number of carbonyl (C=O) groups is 2. The summed E-state index contributed by atoms with van der Waals surface area (Å²) in [5.74, 6) is -1.88. The lowest BCUT2D eigenvalue weighted by molar-refractivity contribution is -0.138. The zero-order valence-electron chi connectivity index (χ0n) is 15.9. The summed E-state index contributed by atoms with van der Waals surface area (Å²) in [6.07, 6.45) is 4.89. The first-order valence-electron chi connectivity index (χ1n) is 8.93. The Morgan fingerprint density at radius 3 is 2.62 bits per heavy atom. The lowest BCUT2D eigenvalue weighted by atomic mass is 9.80. The number of esters is 1. The van der Waals surface area contributed by atoms with Crippen molar-refractivity contribution < 1.29 is 23.8 Å². The van der Waals surface area contributed by atoms with Crippen LogP contribution in [0.3, 0.4) is 0 Å². The van der Waals surface area contributed by atoms with E-state index >= 15 is 0 Å². The fraction of sp³-hybridized carbons (Fsp3) is 0.182. The minimum absolute atomic E-state index is 0.0175. The molecule has 0 fully saturated rings. The van der Waals surface area contributed by atoms with E-state index in [4.69, 9.17) is 20.8 Å². The van der Waals surface area contributed by atoms with Gasteiger partial charge in [0.15, 0.2) is 0 Å². The number of allylic oxidation sites excluding steroid dienone is 2. The summed E-state index contributed by atoms with van der Waals surface area (Å²) in [5, 5.41) is 13.2. The highest BCUT2D eigenvalue weighted by molar-refractivity contribution is 6.30. The third-order valence-electron chi connectivity index (χ3n) is 4.53. The number of carboxylic acids is 1. The van der Waals surface area contributed by atoms with E-state index in [1.807, 2.05) is 0 Å².